The minimum absolute atomic E-state index is 0.00979. The maximum absolute atomic E-state index is 13.6. The van der Waals surface area contributed by atoms with Gasteiger partial charge in [-0.2, -0.15) is 0 Å². The molecule has 0 radical (unpaired) electrons. The maximum Gasteiger partial charge on any atom is 0.296 e. The number of hydrogen-bond acceptors (Lipinski definition) is 5. The Morgan fingerprint density at radius 3 is 1.97 bits per heavy atom. The molecule has 1 amide bonds. The zero-order chi connectivity index (χ0) is 22.5. The summed E-state index contributed by atoms with van der Waals surface area (Å²) in [5.41, 5.74) is 2.47. The molecule has 0 atom stereocenters. The summed E-state index contributed by atoms with van der Waals surface area (Å²) in [7, 11) is 1.49. The Bertz CT molecular complexity index is 1040. The van der Waals surface area contributed by atoms with E-state index in [1.54, 1.807) is 12.1 Å². The number of amides is 1. The van der Waals surface area contributed by atoms with E-state index in [0.717, 1.165) is 11.1 Å². The Hall–Kier alpha value is -3.87. The van der Waals surface area contributed by atoms with Gasteiger partial charge < -0.3 is 14.5 Å². The Balaban J connectivity index is 1.53. The first-order valence-electron chi connectivity index (χ1n) is 10.5. The molecule has 0 unspecified atom stereocenters. The number of nitro benzene ring substituents is 1. The van der Waals surface area contributed by atoms with E-state index < -0.39 is 4.92 Å². The van der Waals surface area contributed by atoms with Gasteiger partial charge in [-0.25, -0.2) is 0 Å². The number of rotatable bonds is 6. The molecule has 0 aromatic heterocycles. The summed E-state index contributed by atoms with van der Waals surface area (Å²) in [6, 6.07) is 24.4. The average molecular weight is 431 g/mol. The molecule has 0 bridgehead atoms. The van der Waals surface area contributed by atoms with E-state index in [2.05, 4.69) is 0 Å². The Labute approximate surface area is 187 Å². The molecule has 1 aliphatic rings. The minimum Gasteiger partial charge on any atom is -0.496 e. The van der Waals surface area contributed by atoms with Crippen molar-refractivity contribution >= 4 is 17.3 Å². The highest BCUT2D eigenvalue weighted by Gasteiger charge is 2.31. The number of carbonyl (C=O) groups excluding carboxylic acids is 1. The van der Waals surface area contributed by atoms with E-state index in [4.69, 9.17) is 4.74 Å². The lowest BCUT2D eigenvalue weighted by Crippen LogP contribution is -2.50. The number of nitrogens with zero attached hydrogens (tertiary/aromatic N) is 3. The van der Waals surface area contributed by atoms with Crippen molar-refractivity contribution in [2.75, 3.05) is 38.2 Å². The molecular formula is C25H25N3O4. The van der Waals surface area contributed by atoms with Crippen LogP contribution in [0.3, 0.4) is 0 Å². The quantitative estimate of drug-likeness (QED) is 0.434. The minimum atomic E-state index is -0.393. The maximum atomic E-state index is 13.6. The molecule has 0 N–H and O–H groups in total. The number of methoxy groups -OCH3 is 1. The Morgan fingerprint density at radius 2 is 1.47 bits per heavy atom. The molecule has 4 rings (SSSR count). The number of piperazine rings is 1. The first-order chi connectivity index (χ1) is 15.6. The van der Waals surface area contributed by atoms with Crippen LogP contribution in [-0.4, -0.2) is 49.0 Å². The van der Waals surface area contributed by atoms with E-state index >= 15 is 0 Å². The van der Waals surface area contributed by atoms with Crippen molar-refractivity contribution in [3.8, 4) is 5.75 Å². The lowest BCUT2D eigenvalue weighted by atomic mass is 9.90. The molecule has 1 saturated heterocycles. The van der Waals surface area contributed by atoms with E-state index in [9.17, 15) is 14.9 Å². The van der Waals surface area contributed by atoms with Gasteiger partial charge in [0.25, 0.3) is 5.69 Å². The molecule has 0 aliphatic carbocycles. The van der Waals surface area contributed by atoms with Crippen LogP contribution in [0.15, 0.2) is 78.9 Å². The van der Waals surface area contributed by atoms with E-state index in [1.807, 2.05) is 70.5 Å². The van der Waals surface area contributed by atoms with Crippen molar-refractivity contribution in [1.29, 1.82) is 0 Å². The predicted octanol–water partition coefficient (Wildman–Crippen LogP) is 4.08. The summed E-state index contributed by atoms with van der Waals surface area (Å²) in [5.74, 6) is 0.119. The van der Waals surface area contributed by atoms with Gasteiger partial charge in [0.05, 0.1) is 24.0 Å². The number of ether oxygens (including phenoxy) is 1. The van der Waals surface area contributed by atoms with Gasteiger partial charge >= 0.3 is 0 Å². The number of nitro groups is 1. The molecule has 3 aromatic rings. The van der Waals surface area contributed by atoms with Crippen LogP contribution in [-0.2, 0) is 4.79 Å². The first-order valence-corrected chi connectivity index (χ1v) is 10.5. The molecule has 7 heteroatoms. The predicted molar refractivity (Wildman–Crippen MR) is 123 cm³/mol. The van der Waals surface area contributed by atoms with Crippen LogP contribution in [0, 0.1) is 10.1 Å². The summed E-state index contributed by atoms with van der Waals surface area (Å²) < 4.78 is 5.13. The summed E-state index contributed by atoms with van der Waals surface area (Å²) in [6.45, 7) is 2.04. The van der Waals surface area contributed by atoms with Crippen molar-refractivity contribution in [2.24, 2.45) is 0 Å². The summed E-state index contributed by atoms with van der Waals surface area (Å²) in [5, 5.41) is 11.6. The fraction of sp³-hybridized carbons (Fsp3) is 0.240. The second kappa shape index (κ2) is 9.51. The smallest absolute Gasteiger partial charge is 0.296 e. The number of benzene rings is 3. The van der Waals surface area contributed by atoms with Gasteiger partial charge in [0.2, 0.25) is 5.91 Å². The van der Waals surface area contributed by atoms with Crippen molar-refractivity contribution < 1.29 is 14.5 Å². The fourth-order valence-electron chi connectivity index (χ4n) is 4.16. The van der Waals surface area contributed by atoms with E-state index in [1.165, 1.54) is 13.2 Å². The first kappa shape index (κ1) is 21.4. The lowest BCUT2D eigenvalue weighted by molar-refractivity contribution is -0.384. The standard InChI is InChI=1S/C25H25N3O4/c1-32-21-12-13-22(23(18-21)28(30)31)26-14-16-27(17-15-26)25(29)24(19-8-4-2-5-9-19)20-10-6-3-7-11-20/h2-13,18,24H,14-17H2,1H3. The van der Waals surface area contributed by atoms with Crippen LogP contribution in [0.2, 0.25) is 0 Å². The van der Waals surface area contributed by atoms with Crippen molar-refractivity contribution in [2.45, 2.75) is 5.92 Å². The van der Waals surface area contributed by atoms with Gasteiger partial charge in [0.1, 0.15) is 11.4 Å². The van der Waals surface area contributed by atoms with Gasteiger partial charge in [-0.3, -0.25) is 14.9 Å². The Morgan fingerprint density at radius 1 is 0.906 bits per heavy atom. The normalized spacial score (nSPS) is 13.8. The average Bonchev–Trinajstić information content (AvgIpc) is 2.85. The number of anilines is 1. The number of hydrogen-bond donors (Lipinski definition) is 0. The van der Waals surface area contributed by atoms with Crippen molar-refractivity contribution in [3.05, 3.63) is 100 Å². The van der Waals surface area contributed by atoms with E-state index in [0.29, 0.717) is 37.6 Å². The third kappa shape index (κ3) is 4.42. The van der Waals surface area contributed by atoms with Gasteiger partial charge in [-0.15, -0.1) is 0 Å². The molecule has 0 saturated carbocycles. The van der Waals surface area contributed by atoms with Crippen LogP contribution in [0.4, 0.5) is 11.4 Å². The van der Waals surface area contributed by atoms with Crippen LogP contribution < -0.4 is 9.64 Å². The highest BCUT2D eigenvalue weighted by atomic mass is 16.6. The van der Waals surface area contributed by atoms with Crippen molar-refractivity contribution in [1.82, 2.24) is 4.90 Å². The topological polar surface area (TPSA) is 75.9 Å². The molecule has 164 valence electrons. The third-order valence-corrected chi connectivity index (χ3v) is 5.82. The second-order valence-corrected chi connectivity index (χ2v) is 7.68. The molecule has 1 aliphatic heterocycles. The summed E-state index contributed by atoms with van der Waals surface area (Å²) in [6.07, 6.45) is 0. The second-order valence-electron chi connectivity index (χ2n) is 7.68. The zero-order valence-corrected chi connectivity index (χ0v) is 17.9. The third-order valence-electron chi connectivity index (χ3n) is 5.82. The van der Waals surface area contributed by atoms with Gasteiger partial charge in [0.15, 0.2) is 0 Å². The van der Waals surface area contributed by atoms with Crippen LogP contribution in [0.5, 0.6) is 5.75 Å². The monoisotopic (exact) mass is 431 g/mol. The van der Waals surface area contributed by atoms with Crippen LogP contribution >= 0.6 is 0 Å². The molecule has 3 aromatic carbocycles. The Kier molecular flexibility index (Phi) is 6.35. The molecule has 7 nitrogen and oxygen atoms in total. The molecule has 1 fully saturated rings. The van der Waals surface area contributed by atoms with Gasteiger partial charge in [-0.05, 0) is 23.3 Å². The van der Waals surface area contributed by atoms with Crippen LogP contribution in [0.25, 0.3) is 0 Å². The van der Waals surface area contributed by atoms with Gasteiger partial charge in [0, 0.05) is 26.2 Å². The molecule has 0 spiro atoms. The van der Waals surface area contributed by atoms with Crippen molar-refractivity contribution in [3.63, 3.8) is 0 Å². The molecule has 32 heavy (non-hydrogen) atoms. The van der Waals surface area contributed by atoms with E-state index in [-0.39, 0.29) is 17.5 Å². The highest BCUT2D eigenvalue weighted by Crippen LogP contribution is 2.33. The lowest BCUT2D eigenvalue weighted by Gasteiger charge is -2.37. The van der Waals surface area contributed by atoms with Gasteiger partial charge in [-0.1, -0.05) is 60.7 Å². The largest absolute Gasteiger partial charge is 0.496 e. The number of carbonyl (C=O) groups is 1. The van der Waals surface area contributed by atoms with Crippen LogP contribution in [0.1, 0.15) is 17.0 Å². The highest BCUT2D eigenvalue weighted by molar-refractivity contribution is 5.87. The molecule has 1 heterocycles. The zero-order valence-electron chi connectivity index (χ0n) is 17.9. The summed E-state index contributed by atoms with van der Waals surface area (Å²) >= 11 is 0. The SMILES string of the molecule is COc1ccc(N2CCN(C(=O)C(c3ccccc3)c3ccccc3)CC2)c([N+](=O)[O-])c1. The molecular weight excluding hydrogens is 406 g/mol. The summed E-state index contributed by atoms with van der Waals surface area (Å²) in [4.78, 5) is 28.6. The fourth-order valence-corrected chi connectivity index (χ4v) is 4.16.